The Bertz CT molecular complexity index is 951. The number of nitrogens with zero attached hydrogens (tertiary/aromatic N) is 2. The van der Waals surface area contributed by atoms with E-state index in [-0.39, 0.29) is 17.7 Å². The molecule has 168 valence electrons. The molecule has 0 spiro atoms. The summed E-state index contributed by atoms with van der Waals surface area (Å²) < 4.78 is 27.0. The molecule has 1 fully saturated rings. The van der Waals surface area contributed by atoms with Gasteiger partial charge in [-0.25, -0.2) is 8.42 Å². The molecule has 1 saturated heterocycles. The van der Waals surface area contributed by atoms with Crippen LogP contribution >= 0.6 is 0 Å². The number of rotatable bonds is 8. The van der Waals surface area contributed by atoms with Crippen LogP contribution in [-0.2, 0) is 15.8 Å². The first-order valence-corrected chi connectivity index (χ1v) is 12.5. The van der Waals surface area contributed by atoms with Crippen LogP contribution in [0, 0.1) is 5.92 Å². The van der Waals surface area contributed by atoms with Gasteiger partial charge in [0.05, 0.1) is 11.8 Å². The van der Waals surface area contributed by atoms with Gasteiger partial charge < -0.3 is 10.2 Å². The molecule has 0 bridgehead atoms. The lowest BCUT2D eigenvalue weighted by molar-refractivity contribution is 0.0932. The topological polar surface area (TPSA) is 69.7 Å². The Balaban J connectivity index is 1.65. The van der Waals surface area contributed by atoms with Gasteiger partial charge in [0.25, 0.3) is 5.91 Å². The smallest absolute Gasteiger partial charge is 0.251 e. The van der Waals surface area contributed by atoms with Crippen molar-refractivity contribution in [1.29, 1.82) is 0 Å². The molecule has 0 aromatic heterocycles. The first-order valence-electron chi connectivity index (χ1n) is 10.9. The predicted octanol–water partition coefficient (Wildman–Crippen LogP) is 3.28. The standard InChI is InChI=1S/C24H33N3O3S/c1-19(2)17-23(21-7-5-4-6-8-21)25-24(28)22-11-9-20(10-12-22)18-31(29,30)27-15-13-26(3)14-16-27/h4-12,19,23H,13-18H2,1-3H3,(H,25,28)/t23-/m0/s1. The minimum Gasteiger partial charge on any atom is -0.345 e. The van der Waals surface area contributed by atoms with E-state index in [1.54, 1.807) is 28.6 Å². The molecule has 0 aliphatic carbocycles. The molecule has 0 unspecified atom stereocenters. The molecule has 2 aromatic carbocycles. The molecule has 31 heavy (non-hydrogen) atoms. The third kappa shape index (κ3) is 6.63. The molecule has 0 radical (unpaired) electrons. The maximum Gasteiger partial charge on any atom is 0.251 e. The fourth-order valence-corrected chi connectivity index (χ4v) is 5.31. The molecule has 3 rings (SSSR count). The zero-order valence-corrected chi connectivity index (χ0v) is 19.4. The van der Waals surface area contributed by atoms with E-state index >= 15 is 0 Å². The first kappa shape index (κ1) is 23.4. The van der Waals surface area contributed by atoms with E-state index < -0.39 is 10.0 Å². The molecule has 1 amide bonds. The summed E-state index contributed by atoms with van der Waals surface area (Å²) in [6, 6.07) is 16.8. The number of benzene rings is 2. The molecular formula is C24H33N3O3S. The number of carbonyl (C=O) groups excluding carboxylic acids is 1. The van der Waals surface area contributed by atoms with Crippen LogP contribution in [0.5, 0.6) is 0 Å². The second-order valence-electron chi connectivity index (χ2n) is 8.72. The highest BCUT2D eigenvalue weighted by Crippen LogP contribution is 2.22. The third-order valence-electron chi connectivity index (χ3n) is 5.64. The molecular weight excluding hydrogens is 410 g/mol. The van der Waals surface area contributed by atoms with Crippen molar-refractivity contribution in [3.8, 4) is 0 Å². The summed E-state index contributed by atoms with van der Waals surface area (Å²) in [7, 11) is -1.36. The van der Waals surface area contributed by atoms with Crippen molar-refractivity contribution in [3.05, 3.63) is 71.3 Å². The lowest BCUT2D eigenvalue weighted by Crippen LogP contribution is -2.47. The molecule has 1 aliphatic heterocycles. The Morgan fingerprint density at radius 1 is 0.968 bits per heavy atom. The molecule has 1 aliphatic rings. The number of piperazine rings is 1. The fraction of sp³-hybridized carbons (Fsp3) is 0.458. The van der Waals surface area contributed by atoms with Crippen molar-refractivity contribution in [3.63, 3.8) is 0 Å². The van der Waals surface area contributed by atoms with Crippen LogP contribution < -0.4 is 5.32 Å². The number of nitrogens with one attached hydrogen (secondary N) is 1. The van der Waals surface area contributed by atoms with Crippen LogP contribution in [0.15, 0.2) is 54.6 Å². The molecule has 0 saturated carbocycles. The summed E-state index contributed by atoms with van der Waals surface area (Å²) in [4.78, 5) is 15.0. The summed E-state index contributed by atoms with van der Waals surface area (Å²) in [5, 5.41) is 3.13. The van der Waals surface area contributed by atoms with Gasteiger partial charge >= 0.3 is 0 Å². The zero-order valence-electron chi connectivity index (χ0n) is 18.6. The van der Waals surface area contributed by atoms with Crippen LogP contribution in [0.4, 0.5) is 0 Å². The minimum atomic E-state index is -3.36. The van der Waals surface area contributed by atoms with Crippen molar-refractivity contribution in [2.45, 2.75) is 32.1 Å². The highest BCUT2D eigenvalue weighted by atomic mass is 32.2. The van der Waals surface area contributed by atoms with Crippen LogP contribution in [0.3, 0.4) is 0 Å². The van der Waals surface area contributed by atoms with Gasteiger partial charge in [-0.15, -0.1) is 0 Å². The second kappa shape index (κ2) is 10.4. The molecule has 2 aromatic rings. The quantitative estimate of drug-likeness (QED) is 0.680. The molecule has 7 heteroatoms. The Hall–Kier alpha value is -2.22. The Kier molecular flexibility index (Phi) is 7.86. The van der Waals surface area contributed by atoms with Gasteiger partial charge in [0.1, 0.15) is 0 Å². The van der Waals surface area contributed by atoms with Gasteiger partial charge in [0, 0.05) is 31.7 Å². The Morgan fingerprint density at radius 3 is 2.16 bits per heavy atom. The van der Waals surface area contributed by atoms with E-state index in [9.17, 15) is 13.2 Å². The lowest BCUT2D eigenvalue weighted by Gasteiger charge is -2.31. The maximum atomic E-state index is 12.8. The van der Waals surface area contributed by atoms with Crippen molar-refractivity contribution in [2.75, 3.05) is 33.2 Å². The largest absolute Gasteiger partial charge is 0.345 e. The highest BCUT2D eigenvalue weighted by Gasteiger charge is 2.26. The number of hydrogen-bond acceptors (Lipinski definition) is 4. The monoisotopic (exact) mass is 443 g/mol. The average molecular weight is 444 g/mol. The van der Waals surface area contributed by atoms with E-state index in [1.807, 2.05) is 37.4 Å². The first-order chi connectivity index (χ1) is 14.7. The summed E-state index contributed by atoms with van der Waals surface area (Å²) in [5.74, 6) is 0.245. The maximum absolute atomic E-state index is 12.8. The number of carbonyl (C=O) groups is 1. The molecule has 1 heterocycles. The molecule has 6 nitrogen and oxygen atoms in total. The van der Waals surface area contributed by atoms with Crippen molar-refractivity contribution in [1.82, 2.24) is 14.5 Å². The zero-order chi connectivity index (χ0) is 22.4. The fourth-order valence-electron chi connectivity index (χ4n) is 3.80. The third-order valence-corrected chi connectivity index (χ3v) is 7.49. The van der Waals surface area contributed by atoms with E-state index in [0.29, 0.717) is 30.1 Å². The number of likely N-dealkylation sites (N-methyl/N-ethyl adjacent to an activating group) is 1. The highest BCUT2D eigenvalue weighted by molar-refractivity contribution is 7.88. The van der Waals surface area contributed by atoms with Gasteiger partial charge in [-0.3, -0.25) is 4.79 Å². The lowest BCUT2D eigenvalue weighted by atomic mass is 9.96. The van der Waals surface area contributed by atoms with Gasteiger partial charge in [-0.05, 0) is 42.6 Å². The minimum absolute atomic E-state index is 0.0431. The van der Waals surface area contributed by atoms with Gasteiger partial charge in [0.2, 0.25) is 10.0 Å². The summed E-state index contributed by atoms with van der Waals surface area (Å²) in [6.07, 6.45) is 0.844. The summed E-state index contributed by atoms with van der Waals surface area (Å²) in [6.45, 7) is 6.82. The molecule has 1 N–H and O–H groups in total. The van der Waals surface area contributed by atoms with Crippen LogP contribution in [0.2, 0.25) is 0 Å². The van der Waals surface area contributed by atoms with Crippen molar-refractivity contribution < 1.29 is 13.2 Å². The number of hydrogen-bond donors (Lipinski definition) is 1. The normalized spacial score (nSPS) is 16.9. The summed E-state index contributed by atoms with van der Waals surface area (Å²) in [5.41, 5.74) is 2.31. The van der Waals surface area contributed by atoms with E-state index in [1.165, 1.54) is 0 Å². The Morgan fingerprint density at radius 2 is 1.58 bits per heavy atom. The number of sulfonamides is 1. The van der Waals surface area contributed by atoms with E-state index in [4.69, 9.17) is 0 Å². The van der Waals surface area contributed by atoms with Crippen LogP contribution in [-0.4, -0.2) is 56.8 Å². The summed E-state index contributed by atoms with van der Waals surface area (Å²) >= 11 is 0. The van der Waals surface area contributed by atoms with Gasteiger partial charge in [0.15, 0.2) is 0 Å². The predicted molar refractivity (Wildman–Crippen MR) is 124 cm³/mol. The average Bonchev–Trinajstić information content (AvgIpc) is 2.74. The molecule has 1 atom stereocenters. The second-order valence-corrected chi connectivity index (χ2v) is 10.7. The van der Waals surface area contributed by atoms with Crippen LogP contribution in [0.25, 0.3) is 0 Å². The van der Waals surface area contributed by atoms with Gasteiger partial charge in [-0.2, -0.15) is 4.31 Å². The number of amides is 1. The van der Waals surface area contributed by atoms with Crippen molar-refractivity contribution in [2.24, 2.45) is 5.92 Å². The van der Waals surface area contributed by atoms with Crippen molar-refractivity contribution >= 4 is 15.9 Å². The SMILES string of the molecule is CC(C)C[C@H](NC(=O)c1ccc(CS(=O)(=O)N2CCN(C)CC2)cc1)c1ccccc1. The van der Waals surface area contributed by atoms with E-state index in [0.717, 1.165) is 25.1 Å². The van der Waals surface area contributed by atoms with Gasteiger partial charge in [-0.1, -0.05) is 56.3 Å². The van der Waals surface area contributed by atoms with E-state index in [2.05, 4.69) is 24.1 Å². The van der Waals surface area contributed by atoms with Crippen LogP contribution in [0.1, 0.15) is 47.8 Å². The Labute approximate surface area is 186 Å².